The number of rotatable bonds is 7. The first-order valence-electron chi connectivity index (χ1n) is 6.35. The van der Waals surface area contributed by atoms with Crippen LogP contribution in [0, 0.1) is 0 Å². The Labute approximate surface area is 108 Å². The molecule has 1 fully saturated rings. The fraction of sp³-hybridized carbons (Fsp3) is 0.833. The summed E-state index contributed by atoms with van der Waals surface area (Å²) in [4.78, 5) is 12.0. The van der Waals surface area contributed by atoms with Gasteiger partial charge in [0, 0.05) is 19.6 Å². The molecule has 0 aromatic heterocycles. The van der Waals surface area contributed by atoms with Crippen molar-refractivity contribution in [2.45, 2.75) is 51.0 Å². The van der Waals surface area contributed by atoms with Crippen LogP contribution in [0.25, 0.3) is 0 Å². The minimum atomic E-state index is 0.0992. The summed E-state index contributed by atoms with van der Waals surface area (Å²) in [7, 11) is 0. The lowest BCUT2D eigenvalue weighted by molar-refractivity contribution is -0.122. The third-order valence-corrected chi connectivity index (χ3v) is 3.09. The van der Waals surface area contributed by atoms with Crippen molar-refractivity contribution in [3.63, 3.8) is 0 Å². The molecule has 1 rings (SSSR count). The summed E-state index contributed by atoms with van der Waals surface area (Å²) in [6.07, 6.45) is 6.66. The summed E-state index contributed by atoms with van der Waals surface area (Å²) in [6.45, 7) is 1.50. The van der Waals surface area contributed by atoms with Gasteiger partial charge in [0.2, 0.25) is 5.91 Å². The molecule has 17 heavy (non-hydrogen) atoms. The van der Waals surface area contributed by atoms with Crippen LogP contribution >= 0.6 is 12.2 Å². The highest BCUT2D eigenvalue weighted by molar-refractivity contribution is 7.80. The van der Waals surface area contributed by atoms with Crippen molar-refractivity contribution in [3.8, 4) is 0 Å². The Kier molecular flexibility index (Phi) is 7.12. The van der Waals surface area contributed by atoms with E-state index in [1.807, 2.05) is 0 Å². The van der Waals surface area contributed by atoms with Crippen LogP contribution < -0.4 is 11.1 Å². The number of ether oxygens (including phenoxy) is 1. The van der Waals surface area contributed by atoms with Gasteiger partial charge < -0.3 is 15.8 Å². The molecule has 0 bridgehead atoms. The summed E-state index contributed by atoms with van der Waals surface area (Å²) in [5, 5.41) is 2.87. The molecular formula is C12H22N2O2S. The second-order valence-corrected chi connectivity index (χ2v) is 4.97. The quantitative estimate of drug-likeness (QED) is 0.537. The summed E-state index contributed by atoms with van der Waals surface area (Å²) in [5.74, 6) is 0.0992. The second kappa shape index (κ2) is 8.42. The summed E-state index contributed by atoms with van der Waals surface area (Å²) in [6, 6.07) is 0. The number of carbonyl (C=O) groups is 1. The first-order valence-corrected chi connectivity index (χ1v) is 6.76. The third-order valence-electron chi connectivity index (χ3n) is 2.89. The SMILES string of the molecule is NC(=S)CCCNC(=O)CCC1CCCCO1. The first kappa shape index (κ1) is 14.4. The zero-order valence-electron chi connectivity index (χ0n) is 10.2. The van der Waals surface area contributed by atoms with E-state index in [-0.39, 0.29) is 12.0 Å². The largest absolute Gasteiger partial charge is 0.393 e. The van der Waals surface area contributed by atoms with E-state index in [9.17, 15) is 4.79 Å². The molecule has 1 heterocycles. The van der Waals surface area contributed by atoms with Crippen molar-refractivity contribution in [2.24, 2.45) is 5.73 Å². The number of thiocarbonyl (C=S) groups is 1. The molecule has 0 spiro atoms. The molecule has 3 N–H and O–H groups in total. The number of carbonyl (C=O) groups excluding carboxylic acids is 1. The molecule has 1 aliphatic heterocycles. The maximum Gasteiger partial charge on any atom is 0.220 e. The molecule has 0 aromatic rings. The lowest BCUT2D eigenvalue weighted by atomic mass is 10.0. The maximum atomic E-state index is 11.5. The molecule has 5 heteroatoms. The predicted molar refractivity (Wildman–Crippen MR) is 71.9 cm³/mol. The Bertz CT molecular complexity index is 253. The Morgan fingerprint density at radius 1 is 1.41 bits per heavy atom. The standard InChI is InChI=1S/C12H22N2O2S/c13-11(17)5-3-8-14-12(15)7-6-10-4-1-2-9-16-10/h10H,1-9H2,(H2,13,17)(H,14,15). The molecule has 1 aliphatic rings. The Balaban J connectivity index is 1.98. The molecule has 98 valence electrons. The van der Waals surface area contributed by atoms with Crippen LogP contribution in [-0.4, -0.2) is 30.2 Å². The van der Waals surface area contributed by atoms with Crippen molar-refractivity contribution >= 4 is 23.1 Å². The van der Waals surface area contributed by atoms with Gasteiger partial charge in [0.15, 0.2) is 0 Å². The van der Waals surface area contributed by atoms with Gasteiger partial charge in [-0.2, -0.15) is 0 Å². The van der Waals surface area contributed by atoms with Gasteiger partial charge in [0.05, 0.1) is 11.1 Å². The zero-order chi connectivity index (χ0) is 12.5. The van der Waals surface area contributed by atoms with Crippen molar-refractivity contribution in [3.05, 3.63) is 0 Å². The van der Waals surface area contributed by atoms with Crippen molar-refractivity contribution in [2.75, 3.05) is 13.2 Å². The normalized spacial score (nSPS) is 19.9. The number of nitrogens with one attached hydrogen (secondary N) is 1. The van der Waals surface area contributed by atoms with Crippen molar-refractivity contribution in [1.82, 2.24) is 5.32 Å². The van der Waals surface area contributed by atoms with E-state index < -0.39 is 0 Å². The topological polar surface area (TPSA) is 64.3 Å². The van der Waals surface area contributed by atoms with E-state index >= 15 is 0 Å². The lowest BCUT2D eigenvalue weighted by Gasteiger charge is -2.22. The van der Waals surface area contributed by atoms with Gasteiger partial charge in [-0.1, -0.05) is 12.2 Å². The van der Waals surface area contributed by atoms with Gasteiger partial charge in [-0.3, -0.25) is 4.79 Å². The van der Waals surface area contributed by atoms with Crippen molar-refractivity contribution < 1.29 is 9.53 Å². The second-order valence-electron chi connectivity index (χ2n) is 4.45. The fourth-order valence-electron chi connectivity index (χ4n) is 1.91. The molecule has 0 aliphatic carbocycles. The van der Waals surface area contributed by atoms with Gasteiger partial charge in [0.25, 0.3) is 0 Å². The zero-order valence-corrected chi connectivity index (χ0v) is 11.1. The third kappa shape index (κ3) is 7.28. The van der Waals surface area contributed by atoms with Gasteiger partial charge >= 0.3 is 0 Å². The predicted octanol–water partition coefficient (Wildman–Crippen LogP) is 1.52. The molecule has 0 aromatic carbocycles. The molecule has 0 saturated carbocycles. The summed E-state index contributed by atoms with van der Waals surface area (Å²) < 4.78 is 5.57. The Morgan fingerprint density at radius 3 is 2.88 bits per heavy atom. The van der Waals surface area contributed by atoms with Crippen LogP contribution in [0.1, 0.15) is 44.9 Å². The van der Waals surface area contributed by atoms with E-state index in [4.69, 9.17) is 22.7 Å². The van der Waals surface area contributed by atoms with Crippen LogP contribution in [0.3, 0.4) is 0 Å². The first-order chi connectivity index (χ1) is 8.18. The number of nitrogens with two attached hydrogens (primary N) is 1. The van der Waals surface area contributed by atoms with E-state index in [2.05, 4.69) is 5.32 Å². The average Bonchev–Trinajstić information content (AvgIpc) is 2.33. The fourth-order valence-corrected chi connectivity index (χ4v) is 2.05. The van der Waals surface area contributed by atoms with Gasteiger partial charge in [-0.05, 0) is 38.5 Å². The molecular weight excluding hydrogens is 236 g/mol. The molecule has 1 atom stereocenters. The monoisotopic (exact) mass is 258 g/mol. The van der Waals surface area contributed by atoms with E-state index in [0.29, 0.717) is 24.4 Å². The van der Waals surface area contributed by atoms with Crippen molar-refractivity contribution in [1.29, 1.82) is 0 Å². The maximum absolute atomic E-state index is 11.5. The minimum Gasteiger partial charge on any atom is -0.393 e. The van der Waals surface area contributed by atoms with Crippen LogP contribution in [0.4, 0.5) is 0 Å². The summed E-state index contributed by atoms with van der Waals surface area (Å²) in [5.41, 5.74) is 5.37. The van der Waals surface area contributed by atoms with Crippen LogP contribution in [0.15, 0.2) is 0 Å². The molecule has 1 unspecified atom stereocenters. The Hall–Kier alpha value is -0.680. The van der Waals surface area contributed by atoms with Gasteiger partial charge in [-0.15, -0.1) is 0 Å². The molecule has 0 radical (unpaired) electrons. The number of hydrogen-bond donors (Lipinski definition) is 2. The minimum absolute atomic E-state index is 0.0992. The highest BCUT2D eigenvalue weighted by Crippen LogP contribution is 2.16. The van der Waals surface area contributed by atoms with E-state index in [1.54, 1.807) is 0 Å². The summed E-state index contributed by atoms with van der Waals surface area (Å²) >= 11 is 4.76. The molecule has 4 nitrogen and oxygen atoms in total. The Morgan fingerprint density at radius 2 is 2.24 bits per heavy atom. The number of amides is 1. The lowest BCUT2D eigenvalue weighted by Crippen LogP contribution is -2.27. The number of hydrogen-bond acceptors (Lipinski definition) is 3. The van der Waals surface area contributed by atoms with E-state index in [0.717, 1.165) is 32.3 Å². The highest BCUT2D eigenvalue weighted by atomic mass is 32.1. The molecule has 1 saturated heterocycles. The van der Waals surface area contributed by atoms with Gasteiger partial charge in [0.1, 0.15) is 0 Å². The molecule has 1 amide bonds. The van der Waals surface area contributed by atoms with Crippen LogP contribution in [-0.2, 0) is 9.53 Å². The smallest absolute Gasteiger partial charge is 0.220 e. The van der Waals surface area contributed by atoms with E-state index in [1.165, 1.54) is 6.42 Å². The highest BCUT2D eigenvalue weighted by Gasteiger charge is 2.14. The average molecular weight is 258 g/mol. The van der Waals surface area contributed by atoms with Gasteiger partial charge in [-0.25, -0.2) is 0 Å². The van der Waals surface area contributed by atoms with Crippen LogP contribution in [0.2, 0.25) is 0 Å². The van der Waals surface area contributed by atoms with Crippen LogP contribution in [0.5, 0.6) is 0 Å².